The number of carbonyl (C=O) groups is 2. The first-order valence-corrected chi connectivity index (χ1v) is 10.8. The first-order chi connectivity index (χ1) is 13.5. The third kappa shape index (κ3) is 3.88. The highest BCUT2D eigenvalue weighted by Crippen LogP contribution is 2.40. The van der Waals surface area contributed by atoms with E-state index >= 15 is 0 Å². The van der Waals surface area contributed by atoms with E-state index in [2.05, 4.69) is 20.6 Å². The number of benzene rings is 1. The summed E-state index contributed by atoms with van der Waals surface area (Å²) in [7, 11) is 0. The van der Waals surface area contributed by atoms with Gasteiger partial charge < -0.3 is 10.6 Å². The van der Waals surface area contributed by atoms with Crippen LogP contribution in [-0.2, 0) is 22.4 Å². The number of nitrogens with zero attached hydrogens (tertiary/aromatic N) is 2. The summed E-state index contributed by atoms with van der Waals surface area (Å²) in [5.41, 5.74) is 2.75. The minimum absolute atomic E-state index is 0.0871. The molecular formula is C20H20N4O2S2. The first kappa shape index (κ1) is 18.9. The van der Waals surface area contributed by atoms with E-state index in [0.29, 0.717) is 11.4 Å². The monoisotopic (exact) mass is 412 g/mol. The number of hydrogen-bond acceptors (Lipinski definition) is 6. The summed E-state index contributed by atoms with van der Waals surface area (Å²) in [6.07, 6.45) is 4.95. The summed E-state index contributed by atoms with van der Waals surface area (Å²) < 4.78 is 0. The second-order valence-corrected chi connectivity index (χ2v) is 9.14. The smallest absolute Gasteiger partial charge is 0.237 e. The van der Waals surface area contributed by atoms with Crippen molar-refractivity contribution in [3.8, 4) is 0 Å². The van der Waals surface area contributed by atoms with Gasteiger partial charge in [-0.15, -0.1) is 11.3 Å². The molecule has 6 nitrogen and oxygen atoms in total. The number of thiophene rings is 1. The van der Waals surface area contributed by atoms with Crippen molar-refractivity contribution in [2.75, 3.05) is 10.6 Å². The lowest BCUT2D eigenvalue weighted by Crippen LogP contribution is -2.22. The molecule has 2 amide bonds. The van der Waals surface area contributed by atoms with Crippen LogP contribution < -0.4 is 10.6 Å². The zero-order chi connectivity index (χ0) is 19.7. The van der Waals surface area contributed by atoms with E-state index in [4.69, 9.17) is 0 Å². The maximum atomic E-state index is 12.6. The number of anilines is 2. The van der Waals surface area contributed by atoms with Gasteiger partial charge in [-0.05, 0) is 56.0 Å². The Balaban J connectivity index is 1.46. The molecule has 0 aliphatic heterocycles. The number of aryl methyl sites for hydroxylation is 2. The Morgan fingerprint density at radius 2 is 1.82 bits per heavy atom. The first-order valence-electron chi connectivity index (χ1n) is 9.11. The van der Waals surface area contributed by atoms with Gasteiger partial charge in [0.05, 0.1) is 5.25 Å². The zero-order valence-corrected chi connectivity index (χ0v) is 17.2. The molecule has 0 saturated heterocycles. The molecule has 2 heterocycles. The largest absolute Gasteiger partial charge is 0.326 e. The topological polar surface area (TPSA) is 84.0 Å². The van der Waals surface area contributed by atoms with Gasteiger partial charge in [0, 0.05) is 28.6 Å². The molecule has 2 aromatic heterocycles. The Morgan fingerprint density at radius 1 is 1.11 bits per heavy atom. The molecule has 1 aliphatic carbocycles. The summed E-state index contributed by atoms with van der Waals surface area (Å²) in [6.45, 7) is 3.34. The molecule has 2 N–H and O–H groups in total. The van der Waals surface area contributed by atoms with Crippen LogP contribution in [0.25, 0.3) is 10.2 Å². The summed E-state index contributed by atoms with van der Waals surface area (Å²) in [6, 6.07) is 7.07. The van der Waals surface area contributed by atoms with Crippen molar-refractivity contribution < 1.29 is 9.59 Å². The Morgan fingerprint density at radius 3 is 2.54 bits per heavy atom. The minimum atomic E-state index is -0.301. The average Bonchev–Trinajstić information content (AvgIpc) is 3.24. The number of aromatic nitrogens is 2. The number of thioether (sulfide) groups is 1. The lowest BCUT2D eigenvalue weighted by atomic mass is 10.2. The molecule has 28 heavy (non-hydrogen) atoms. The molecule has 0 bridgehead atoms. The molecule has 0 fully saturated rings. The lowest BCUT2D eigenvalue weighted by Gasteiger charge is -2.13. The third-order valence-electron chi connectivity index (χ3n) is 4.60. The molecule has 3 aromatic rings. The molecule has 1 aliphatic rings. The molecule has 0 saturated carbocycles. The SMILES string of the molecule is CC(=O)Nc1ccc(NC(=O)[C@@H](C)Sc2ncnc3sc4c(c23)CCC4)cc1. The minimum Gasteiger partial charge on any atom is -0.326 e. The highest BCUT2D eigenvalue weighted by molar-refractivity contribution is 8.00. The van der Waals surface area contributed by atoms with Gasteiger partial charge in [-0.2, -0.15) is 0 Å². The molecule has 8 heteroatoms. The van der Waals surface area contributed by atoms with E-state index in [0.717, 1.165) is 28.1 Å². The summed E-state index contributed by atoms with van der Waals surface area (Å²) >= 11 is 3.22. The second-order valence-electron chi connectivity index (χ2n) is 6.72. The van der Waals surface area contributed by atoms with Gasteiger partial charge in [-0.3, -0.25) is 9.59 Å². The van der Waals surface area contributed by atoms with Crippen LogP contribution in [0.15, 0.2) is 35.6 Å². The van der Waals surface area contributed by atoms with Gasteiger partial charge in [0.25, 0.3) is 0 Å². The van der Waals surface area contributed by atoms with Crippen LogP contribution in [0.2, 0.25) is 0 Å². The van der Waals surface area contributed by atoms with Crippen molar-refractivity contribution in [1.29, 1.82) is 0 Å². The molecule has 144 valence electrons. The van der Waals surface area contributed by atoms with Gasteiger partial charge >= 0.3 is 0 Å². The van der Waals surface area contributed by atoms with Crippen molar-refractivity contribution >= 4 is 56.5 Å². The van der Waals surface area contributed by atoms with Crippen LogP contribution in [-0.4, -0.2) is 27.0 Å². The van der Waals surface area contributed by atoms with Crippen LogP contribution in [0.4, 0.5) is 11.4 Å². The number of rotatable bonds is 5. The molecule has 1 aromatic carbocycles. The van der Waals surface area contributed by atoms with Gasteiger partial charge in [0.15, 0.2) is 0 Å². The van der Waals surface area contributed by atoms with Crippen molar-refractivity contribution in [1.82, 2.24) is 9.97 Å². The number of carbonyl (C=O) groups excluding carboxylic acids is 2. The Labute approximate surface area is 171 Å². The normalized spacial score (nSPS) is 13.9. The van der Waals surface area contributed by atoms with E-state index in [1.807, 2.05) is 6.92 Å². The second kappa shape index (κ2) is 7.89. The van der Waals surface area contributed by atoms with E-state index in [9.17, 15) is 9.59 Å². The number of fused-ring (bicyclic) bond motifs is 3. The highest BCUT2D eigenvalue weighted by atomic mass is 32.2. The maximum Gasteiger partial charge on any atom is 0.237 e. The zero-order valence-electron chi connectivity index (χ0n) is 15.6. The fourth-order valence-electron chi connectivity index (χ4n) is 3.29. The average molecular weight is 413 g/mol. The van der Waals surface area contributed by atoms with Gasteiger partial charge in [0.2, 0.25) is 11.8 Å². The highest BCUT2D eigenvalue weighted by Gasteiger charge is 2.23. The van der Waals surface area contributed by atoms with Gasteiger partial charge in [0.1, 0.15) is 16.2 Å². The lowest BCUT2D eigenvalue weighted by molar-refractivity contribution is -0.115. The van der Waals surface area contributed by atoms with Crippen LogP contribution in [0.1, 0.15) is 30.7 Å². The molecule has 1 atom stereocenters. The molecule has 0 spiro atoms. The van der Waals surface area contributed by atoms with Crippen molar-refractivity contribution in [2.24, 2.45) is 0 Å². The van der Waals surface area contributed by atoms with Crippen LogP contribution in [0.3, 0.4) is 0 Å². The van der Waals surface area contributed by atoms with Crippen LogP contribution >= 0.6 is 23.1 Å². The van der Waals surface area contributed by atoms with E-state index in [-0.39, 0.29) is 17.1 Å². The molecular weight excluding hydrogens is 392 g/mol. The quantitative estimate of drug-likeness (QED) is 0.483. The molecule has 0 unspecified atom stereocenters. The van der Waals surface area contributed by atoms with E-state index in [1.165, 1.54) is 35.5 Å². The third-order valence-corrected chi connectivity index (χ3v) is 6.90. The summed E-state index contributed by atoms with van der Waals surface area (Å²) in [4.78, 5) is 35.0. The Bertz CT molecular complexity index is 1050. The summed E-state index contributed by atoms with van der Waals surface area (Å²) in [5, 5.41) is 7.34. The molecule has 0 radical (unpaired) electrons. The fraction of sp³-hybridized carbons (Fsp3) is 0.300. The number of nitrogens with one attached hydrogen (secondary N) is 2. The van der Waals surface area contributed by atoms with Crippen molar-refractivity contribution in [2.45, 2.75) is 43.4 Å². The van der Waals surface area contributed by atoms with Crippen molar-refractivity contribution in [3.05, 3.63) is 41.0 Å². The van der Waals surface area contributed by atoms with Gasteiger partial charge in [-0.25, -0.2) is 9.97 Å². The van der Waals surface area contributed by atoms with Crippen LogP contribution in [0.5, 0.6) is 0 Å². The standard InChI is InChI=1S/C20H20N4O2S2/c1-11(18(26)24-14-8-6-13(7-9-14)23-12(2)25)27-19-17-15-4-3-5-16(15)28-20(17)22-10-21-19/h6-11H,3-5H2,1-2H3,(H,23,25)(H,24,26)/t11-/m1/s1. The van der Waals surface area contributed by atoms with E-state index in [1.54, 1.807) is 41.9 Å². The Hall–Kier alpha value is -2.45. The maximum absolute atomic E-state index is 12.6. The van der Waals surface area contributed by atoms with E-state index < -0.39 is 0 Å². The fourth-order valence-corrected chi connectivity index (χ4v) is 5.53. The number of hydrogen-bond donors (Lipinski definition) is 2. The molecule has 4 rings (SSSR count). The predicted octanol–water partition coefficient (Wildman–Crippen LogP) is 4.26. The Kier molecular flexibility index (Phi) is 5.32. The van der Waals surface area contributed by atoms with Crippen molar-refractivity contribution in [3.63, 3.8) is 0 Å². The van der Waals surface area contributed by atoms with Gasteiger partial charge in [-0.1, -0.05) is 11.8 Å². The predicted molar refractivity (Wildman–Crippen MR) is 114 cm³/mol. The van der Waals surface area contributed by atoms with Crippen LogP contribution in [0, 0.1) is 0 Å². The summed E-state index contributed by atoms with van der Waals surface area (Å²) in [5.74, 6) is -0.214. The number of amides is 2.